The number of aromatic nitrogens is 2. The molecule has 7 nitrogen and oxygen atoms in total. The van der Waals surface area contributed by atoms with E-state index in [-0.39, 0.29) is 23.9 Å². The van der Waals surface area contributed by atoms with Crippen LogP contribution in [0.15, 0.2) is 66.3 Å². The van der Waals surface area contributed by atoms with Gasteiger partial charge in [0.15, 0.2) is 0 Å². The summed E-state index contributed by atoms with van der Waals surface area (Å²) in [5, 5.41) is 1.00. The lowest BCUT2D eigenvalue weighted by Crippen LogP contribution is -2.50. The van der Waals surface area contributed by atoms with Crippen molar-refractivity contribution in [3.05, 3.63) is 61.4 Å². The molecule has 4 rings (SSSR count). The summed E-state index contributed by atoms with van der Waals surface area (Å²) in [7, 11) is -3.59. The number of piperazine rings is 1. The third-order valence-corrected chi connectivity index (χ3v) is 6.86. The first-order chi connectivity index (χ1) is 13.5. The molecule has 0 bridgehead atoms. The molecule has 2 aromatic heterocycles. The molecule has 1 aromatic carbocycles. The molecular formula is C20H20N4O3S. The van der Waals surface area contributed by atoms with Crippen molar-refractivity contribution in [3.8, 4) is 11.1 Å². The number of pyridine rings is 1. The van der Waals surface area contributed by atoms with Crippen molar-refractivity contribution < 1.29 is 13.2 Å². The van der Waals surface area contributed by atoms with Gasteiger partial charge in [-0.2, -0.15) is 4.31 Å². The highest BCUT2D eigenvalue weighted by Gasteiger charge is 2.29. The van der Waals surface area contributed by atoms with Gasteiger partial charge in [-0.25, -0.2) is 13.4 Å². The van der Waals surface area contributed by atoms with Gasteiger partial charge in [-0.15, -0.1) is 0 Å². The van der Waals surface area contributed by atoms with E-state index in [0.717, 1.165) is 22.2 Å². The molecule has 1 aliphatic rings. The number of hydrogen-bond donors (Lipinski definition) is 1. The second kappa shape index (κ2) is 7.21. The zero-order valence-corrected chi connectivity index (χ0v) is 16.0. The van der Waals surface area contributed by atoms with Crippen molar-refractivity contribution in [2.45, 2.75) is 4.90 Å². The van der Waals surface area contributed by atoms with Gasteiger partial charge in [0.2, 0.25) is 15.9 Å². The van der Waals surface area contributed by atoms with Crippen molar-refractivity contribution in [1.29, 1.82) is 0 Å². The summed E-state index contributed by atoms with van der Waals surface area (Å²) >= 11 is 0. The van der Waals surface area contributed by atoms with Gasteiger partial charge in [0.05, 0.1) is 4.90 Å². The summed E-state index contributed by atoms with van der Waals surface area (Å²) in [5.74, 6) is -0.172. The van der Waals surface area contributed by atoms with Gasteiger partial charge < -0.3 is 9.88 Å². The lowest BCUT2D eigenvalue weighted by atomic mass is 10.1. The number of carbonyl (C=O) groups excluding carboxylic acids is 1. The largest absolute Gasteiger partial charge is 0.346 e. The van der Waals surface area contributed by atoms with Crippen LogP contribution in [-0.2, 0) is 14.8 Å². The highest BCUT2D eigenvalue weighted by Crippen LogP contribution is 2.25. The Balaban J connectivity index is 1.53. The van der Waals surface area contributed by atoms with Crippen LogP contribution >= 0.6 is 0 Å². The van der Waals surface area contributed by atoms with E-state index < -0.39 is 10.0 Å². The Kier molecular flexibility index (Phi) is 4.74. The van der Waals surface area contributed by atoms with Gasteiger partial charge in [-0.05, 0) is 35.9 Å². The van der Waals surface area contributed by atoms with Gasteiger partial charge >= 0.3 is 0 Å². The fourth-order valence-corrected chi connectivity index (χ4v) is 4.77. The maximum absolute atomic E-state index is 12.9. The summed E-state index contributed by atoms with van der Waals surface area (Å²) in [6.45, 7) is 4.75. The smallest absolute Gasteiger partial charge is 0.246 e. The third kappa shape index (κ3) is 3.32. The van der Waals surface area contributed by atoms with Crippen LogP contribution in [0.25, 0.3) is 22.2 Å². The number of sulfonamides is 1. The van der Waals surface area contributed by atoms with Crippen molar-refractivity contribution >= 4 is 27.0 Å². The van der Waals surface area contributed by atoms with Crippen molar-refractivity contribution in [2.24, 2.45) is 0 Å². The van der Waals surface area contributed by atoms with Crippen LogP contribution in [-0.4, -0.2) is 59.7 Å². The minimum atomic E-state index is -3.59. The Labute approximate surface area is 163 Å². The highest BCUT2D eigenvalue weighted by atomic mass is 32.2. The van der Waals surface area contributed by atoms with Gasteiger partial charge in [0.1, 0.15) is 5.65 Å². The predicted octanol–water partition coefficient (Wildman–Crippen LogP) is 2.25. The molecule has 28 heavy (non-hydrogen) atoms. The standard InChI is InChI=1S/C20H20N4O3S/c1-2-19(25)23-9-11-24(12-10-23)28(26,27)18-5-3-15(4-6-18)17-13-16-7-8-21-20(16)22-14-17/h2-8,13-14H,1,9-12H2,(H,21,22). The molecule has 144 valence electrons. The number of amides is 1. The predicted molar refractivity (Wildman–Crippen MR) is 107 cm³/mol. The Morgan fingerprint density at radius 3 is 2.46 bits per heavy atom. The van der Waals surface area contributed by atoms with Gasteiger partial charge in [0.25, 0.3) is 0 Å². The van der Waals surface area contributed by atoms with Gasteiger partial charge in [-0.1, -0.05) is 18.7 Å². The van der Waals surface area contributed by atoms with Crippen LogP contribution in [0, 0.1) is 0 Å². The van der Waals surface area contributed by atoms with Crippen LogP contribution in [0.2, 0.25) is 0 Å². The number of nitrogens with zero attached hydrogens (tertiary/aromatic N) is 3. The molecule has 0 saturated carbocycles. The van der Waals surface area contributed by atoms with Crippen molar-refractivity contribution in [2.75, 3.05) is 26.2 Å². The molecule has 0 unspecified atom stereocenters. The van der Waals surface area contributed by atoms with Crippen molar-refractivity contribution in [1.82, 2.24) is 19.2 Å². The first kappa shape index (κ1) is 18.4. The summed E-state index contributed by atoms with van der Waals surface area (Å²) < 4.78 is 27.2. The zero-order valence-electron chi connectivity index (χ0n) is 15.2. The van der Waals surface area contributed by atoms with E-state index in [0.29, 0.717) is 13.1 Å². The first-order valence-electron chi connectivity index (χ1n) is 8.94. The quantitative estimate of drug-likeness (QED) is 0.686. The highest BCUT2D eigenvalue weighted by molar-refractivity contribution is 7.89. The molecule has 3 heterocycles. The molecule has 3 aromatic rings. The molecule has 0 aliphatic carbocycles. The second-order valence-electron chi connectivity index (χ2n) is 6.60. The minimum Gasteiger partial charge on any atom is -0.346 e. The number of fused-ring (bicyclic) bond motifs is 1. The van der Waals surface area contributed by atoms with Crippen LogP contribution < -0.4 is 0 Å². The molecule has 0 spiro atoms. The number of nitrogens with one attached hydrogen (secondary N) is 1. The topological polar surface area (TPSA) is 86.4 Å². The number of aromatic amines is 1. The molecule has 1 aliphatic heterocycles. The Hall–Kier alpha value is -2.97. The molecule has 1 saturated heterocycles. The van der Waals surface area contributed by atoms with E-state index in [1.165, 1.54) is 10.4 Å². The van der Waals surface area contributed by atoms with E-state index in [9.17, 15) is 13.2 Å². The minimum absolute atomic E-state index is 0.172. The monoisotopic (exact) mass is 396 g/mol. The maximum Gasteiger partial charge on any atom is 0.246 e. The van der Waals surface area contributed by atoms with E-state index in [1.54, 1.807) is 35.4 Å². The maximum atomic E-state index is 12.9. The van der Waals surface area contributed by atoms with Crippen LogP contribution in [0.4, 0.5) is 0 Å². The molecule has 0 radical (unpaired) electrons. The number of hydrogen-bond acceptors (Lipinski definition) is 4. The average Bonchev–Trinajstić information content (AvgIpc) is 3.21. The summed E-state index contributed by atoms with van der Waals surface area (Å²) in [6, 6.07) is 10.8. The number of benzene rings is 1. The summed E-state index contributed by atoms with van der Waals surface area (Å²) in [5.41, 5.74) is 2.64. The second-order valence-corrected chi connectivity index (χ2v) is 8.54. The number of rotatable bonds is 4. The normalized spacial score (nSPS) is 15.6. The average molecular weight is 396 g/mol. The zero-order chi connectivity index (χ0) is 19.7. The summed E-state index contributed by atoms with van der Waals surface area (Å²) in [6.07, 6.45) is 4.85. The number of H-pyrrole nitrogens is 1. The van der Waals surface area contributed by atoms with Gasteiger partial charge in [-0.3, -0.25) is 4.79 Å². The Morgan fingerprint density at radius 2 is 1.79 bits per heavy atom. The van der Waals surface area contributed by atoms with E-state index >= 15 is 0 Å². The van der Waals surface area contributed by atoms with E-state index in [1.807, 2.05) is 18.3 Å². The Bertz CT molecular complexity index is 1130. The Morgan fingerprint density at radius 1 is 1.07 bits per heavy atom. The molecular weight excluding hydrogens is 376 g/mol. The lowest BCUT2D eigenvalue weighted by Gasteiger charge is -2.33. The van der Waals surface area contributed by atoms with Crippen molar-refractivity contribution in [3.63, 3.8) is 0 Å². The summed E-state index contributed by atoms with van der Waals surface area (Å²) in [4.78, 5) is 20.9. The lowest BCUT2D eigenvalue weighted by molar-refractivity contribution is -0.127. The number of carbonyl (C=O) groups is 1. The van der Waals surface area contributed by atoms with Crippen LogP contribution in [0.1, 0.15) is 0 Å². The van der Waals surface area contributed by atoms with E-state index in [4.69, 9.17) is 0 Å². The molecule has 1 fully saturated rings. The van der Waals surface area contributed by atoms with Crippen LogP contribution in [0.5, 0.6) is 0 Å². The first-order valence-corrected chi connectivity index (χ1v) is 10.4. The molecule has 8 heteroatoms. The van der Waals surface area contributed by atoms with Gasteiger partial charge in [0, 0.05) is 49.5 Å². The SMILES string of the molecule is C=CC(=O)N1CCN(S(=O)(=O)c2ccc(-c3cnc4[nH]ccc4c3)cc2)CC1. The third-order valence-electron chi connectivity index (χ3n) is 4.95. The molecule has 0 atom stereocenters. The molecule has 1 N–H and O–H groups in total. The fraction of sp³-hybridized carbons (Fsp3) is 0.200. The van der Waals surface area contributed by atoms with Crippen LogP contribution in [0.3, 0.4) is 0 Å². The molecule has 1 amide bonds. The fourth-order valence-electron chi connectivity index (χ4n) is 3.34. The van der Waals surface area contributed by atoms with E-state index in [2.05, 4.69) is 16.5 Å².